The second-order valence-corrected chi connectivity index (χ2v) is 14.1. The van der Waals surface area contributed by atoms with Gasteiger partial charge in [0.25, 0.3) is 0 Å². The van der Waals surface area contributed by atoms with Gasteiger partial charge in [-0.3, -0.25) is 0 Å². The lowest BCUT2D eigenvalue weighted by atomic mass is 9.44. The third-order valence-electron chi connectivity index (χ3n) is 12.1. The van der Waals surface area contributed by atoms with Crippen LogP contribution in [0.2, 0.25) is 0 Å². The normalized spacial score (nSPS) is 40.9. The molecule has 0 spiro atoms. The molecular weight excluding hydrogens is 504 g/mol. The zero-order valence-corrected chi connectivity index (χ0v) is 25.4. The van der Waals surface area contributed by atoms with Gasteiger partial charge in [-0.1, -0.05) is 86.7 Å². The van der Waals surface area contributed by atoms with Gasteiger partial charge < -0.3 is 14.6 Å². The van der Waals surface area contributed by atoms with E-state index in [2.05, 4.69) is 94.1 Å². The number of ether oxygens (including phenoxy) is 2. The van der Waals surface area contributed by atoms with E-state index in [1.807, 2.05) is 6.08 Å². The van der Waals surface area contributed by atoms with Crippen LogP contribution in [0, 0.1) is 34.5 Å². The maximum absolute atomic E-state index is 12.0. The smallest absolute Gasteiger partial charge is 0.0899 e. The predicted octanol–water partition coefficient (Wildman–Crippen LogP) is 8.67. The summed E-state index contributed by atoms with van der Waals surface area (Å²) in [7, 11) is 0. The molecule has 4 aliphatic rings. The van der Waals surface area contributed by atoms with Crippen molar-refractivity contribution in [3.63, 3.8) is 0 Å². The van der Waals surface area contributed by atoms with Crippen molar-refractivity contribution in [2.75, 3.05) is 0 Å². The van der Waals surface area contributed by atoms with Gasteiger partial charge >= 0.3 is 0 Å². The van der Waals surface area contributed by atoms with Crippen molar-refractivity contribution in [2.45, 2.75) is 103 Å². The SMILES string of the molecule is C=CC[C@]1(O)C[C@H]2[C@@H]3C[C@@H](OCc4ccccc4)[C@H]4C[C@@H](OCc5ccccc5)CC[C@]4(C)[C@H]3CC[C@]2(C)/C1=C\C. The summed E-state index contributed by atoms with van der Waals surface area (Å²) in [4.78, 5) is 0. The number of hydrogen-bond donors (Lipinski definition) is 1. The van der Waals surface area contributed by atoms with E-state index in [0.717, 1.165) is 25.7 Å². The van der Waals surface area contributed by atoms with Crippen molar-refractivity contribution in [3.05, 3.63) is 96.1 Å². The molecule has 2 aromatic rings. The summed E-state index contributed by atoms with van der Waals surface area (Å²) >= 11 is 0. The zero-order chi connectivity index (χ0) is 28.7. The van der Waals surface area contributed by atoms with Crippen LogP contribution < -0.4 is 0 Å². The average Bonchev–Trinajstić information content (AvgIpc) is 3.21. The van der Waals surface area contributed by atoms with Gasteiger partial charge in [0.15, 0.2) is 0 Å². The van der Waals surface area contributed by atoms with Crippen LogP contribution in [-0.2, 0) is 22.7 Å². The molecule has 3 heteroatoms. The Morgan fingerprint density at radius 3 is 2.15 bits per heavy atom. The van der Waals surface area contributed by atoms with Crippen LogP contribution >= 0.6 is 0 Å². The van der Waals surface area contributed by atoms with Gasteiger partial charge in [0.2, 0.25) is 0 Å². The predicted molar refractivity (Wildman–Crippen MR) is 166 cm³/mol. The fourth-order valence-electron chi connectivity index (χ4n) is 10.2. The maximum Gasteiger partial charge on any atom is 0.0899 e. The standard InChI is InChI=1S/C38H50O3/c1-5-19-38(39)24-33-30-23-34(41-26-28-15-11-8-12-16-28)32-22-29(40-25-27-13-9-7-10-14-27)17-20-36(32,3)31(30)18-21-37(33,4)35(38)6-2/h5-16,29-34,39H,1,17-26H2,2-4H3/b35-6+/t29-,30+,31-,32+,33-,34+,36+,37-,38-/m0/s1. The highest BCUT2D eigenvalue weighted by atomic mass is 16.5. The molecule has 0 saturated heterocycles. The highest BCUT2D eigenvalue weighted by Crippen LogP contribution is 2.69. The molecule has 220 valence electrons. The van der Waals surface area contributed by atoms with E-state index >= 15 is 0 Å². The van der Waals surface area contributed by atoms with Gasteiger partial charge in [-0.25, -0.2) is 0 Å². The molecule has 0 radical (unpaired) electrons. The van der Waals surface area contributed by atoms with Gasteiger partial charge in [-0.2, -0.15) is 0 Å². The molecule has 4 aliphatic carbocycles. The number of benzene rings is 2. The molecule has 2 aromatic carbocycles. The van der Waals surface area contributed by atoms with Crippen molar-refractivity contribution >= 4 is 0 Å². The van der Waals surface area contributed by atoms with E-state index in [0.29, 0.717) is 43.3 Å². The van der Waals surface area contributed by atoms with E-state index in [9.17, 15) is 5.11 Å². The molecule has 0 heterocycles. The maximum atomic E-state index is 12.0. The van der Waals surface area contributed by atoms with E-state index in [1.54, 1.807) is 0 Å². The average molecular weight is 555 g/mol. The zero-order valence-electron chi connectivity index (χ0n) is 25.4. The van der Waals surface area contributed by atoms with Gasteiger partial charge in [-0.15, -0.1) is 6.58 Å². The minimum absolute atomic E-state index is 0.0524. The number of allylic oxidation sites excluding steroid dienone is 1. The Bertz CT molecular complexity index is 1220. The molecule has 4 saturated carbocycles. The second kappa shape index (κ2) is 11.5. The number of aliphatic hydroxyl groups is 1. The fraction of sp³-hybridized carbons (Fsp3) is 0.579. The van der Waals surface area contributed by atoms with Crippen molar-refractivity contribution in [2.24, 2.45) is 34.5 Å². The number of rotatable bonds is 8. The topological polar surface area (TPSA) is 38.7 Å². The number of hydrogen-bond acceptors (Lipinski definition) is 3. The molecule has 0 aromatic heterocycles. The molecule has 0 aliphatic heterocycles. The third kappa shape index (κ3) is 5.17. The molecule has 0 unspecified atom stereocenters. The Kier molecular flexibility index (Phi) is 8.09. The van der Waals surface area contributed by atoms with Crippen LogP contribution in [0.4, 0.5) is 0 Å². The monoisotopic (exact) mass is 554 g/mol. The fourth-order valence-corrected chi connectivity index (χ4v) is 10.2. The number of fused-ring (bicyclic) bond motifs is 5. The molecule has 4 fully saturated rings. The highest BCUT2D eigenvalue weighted by molar-refractivity contribution is 5.34. The van der Waals surface area contributed by atoms with Crippen molar-refractivity contribution in [1.82, 2.24) is 0 Å². The lowest BCUT2D eigenvalue weighted by molar-refractivity contribution is -0.189. The highest BCUT2D eigenvalue weighted by Gasteiger charge is 2.65. The molecule has 41 heavy (non-hydrogen) atoms. The summed E-state index contributed by atoms with van der Waals surface area (Å²) < 4.78 is 13.5. The van der Waals surface area contributed by atoms with Crippen molar-refractivity contribution < 1.29 is 14.6 Å². The summed E-state index contributed by atoms with van der Waals surface area (Å²) in [6.07, 6.45) is 13.0. The van der Waals surface area contributed by atoms with Crippen LogP contribution in [0.25, 0.3) is 0 Å². The van der Waals surface area contributed by atoms with Gasteiger partial charge in [-0.05, 0) is 109 Å². The molecule has 0 bridgehead atoms. The lowest BCUT2D eigenvalue weighted by Gasteiger charge is -2.62. The quantitative estimate of drug-likeness (QED) is 0.332. The van der Waals surface area contributed by atoms with Crippen LogP contribution in [0.1, 0.15) is 83.3 Å². The summed E-state index contributed by atoms with van der Waals surface area (Å²) in [5.74, 6) is 2.19. The largest absolute Gasteiger partial charge is 0.385 e. The first-order valence-corrected chi connectivity index (χ1v) is 16.1. The Hall–Kier alpha value is -2.20. The molecule has 9 atom stereocenters. The Balaban J connectivity index is 1.28. The molecule has 1 N–H and O–H groups in total. The Morgan fingerprint density at radius 2 is 1.51 bits per heavy atom. The van der Waals surface area contributed by atoms with Crippen LogP contribution in [0.15, 0.2) is 85.0 Å². The van der Waals surface area contributed by atoms with E-state index in [-0.39, 0.29) is 23.0 Å². The minimum Gasteiger partial charge on any atom is -0.385 e. The molecular formula is C38H50O3. The molecule has 6 rings (SSSR count). The van der Waals surface area contributed by atoms with E-state index in [4.69, 9.17) is 9.47 Å². The minimum atomic E-state index is -0.758. The van der Waals surface area contributed by atoms with E-state index < -0.39 is 5.60 Å². The first-order valence-electron chi connectivity index (χ1n) is 16.1. The lowest BCUT2D eigenvalue weighted by Crippen LogP contribution is -2.58. The second-order valence-electron chi connectivity index (χ2n) is 14.1. The molecule has 0 amide bonds. The summed E-state index contributed by atoms with van der Waals surface area (Å²) in [5, 5.41) is 12.0. The van der Waals surface area contributed by atoms with E-state index in [1.165, 1.54) is 36.0 Å². The first kappa shape index (κ1) is 28.9. The van der Waals surface area contributed by atoms with Crippen LogP contribution in [-0.4, -0.2) is 22.9 Å². The third-order valence-corrected chi connectivity index (χ3v) is 12.1. The first-order chi connectivity index (χ1) is 19.8. The van der Waals surface area contributed by atoms with Gasteiger partial charge in [0.1, 0.15) is 0 Å². The van der Waals surface area contributed by atoms with Crippen LogP contribution in [0.5, 0.6) is 0 Å². The van der Waals surface area contributed by atoms with Gasteiger partial charge in [0.05, 0.1) is 31.0 Å². The Morgan fingerprint density at radius 1 is 0.854 bits per heavy atom. The van der Waals surface area contributed by atoms with Crippen molar-refractivity contribution in [1.29, 1.82) is 0 Å². The summed E-state index contributed by atoms with van der Waals surface area (Å²) in [6, 6.07) is 21.2. The Labute approximate surface area is 248 Å². The van der Waals surface area contributed by atoms with Gasteiger partial charge in [0, 0.05) is 0 Å². The molecule has 3 nitrogen and oxygen atoms in total. The van der Waals surface area contributed by atoms with Crippen LogP contribution in [0.3, 0.4) is 0 Å². The van der Waals surface area contributed by atoms with Crippen molar-refractivity contribution in [3.8, 4) is 0 Å². The summed E-state index contributed by atoms with van der Waals surface area (Å²) in [5.41, 5.74) is 3.28. The summed E-state index contributed by atoms with van der Waals surface area (Å²) in [6.45, 7) is 12.5.